The van der Waals surface area contributed by atoms with Gasteiger partial charge in [-0.2, -0.15) is 0 Å². The first kappa shape index (κ1) is 11.8. The van der Waals surface area contributed by atoms with E-state index in [9.17, 15) is 4.79 Å². The molecule has 1 aromatic rings. The number of Topliss-reactive ketones (excluding diaryl/α,β-unsaturated/α-hetero) is 1. The number of rotatable bonds is 2. The summed E-state index contributed by atoms with van der Waals surface area (Å²) in [6.07, 6.45) is 7.14. The zero-order valence-corrected chi connectivity index (χ0v) is 11.0. The molecule has 16 heavy (non-hydrogen) atoms. The van der Waals surface area contributed by atoms with Crippen molar-refractivity contribution < 1.29 is 4.79 Å². The first-order valence-electron chi connectivity index (χ1n) is 6.08. The largest absolute Gasteiger partial charge is 0.294 e. The van der Waals surface area contributed by atoms with Gasteiger partial charge in [0.15, 0.2) is 5.78 Å². The van der Waals surface area contributed by atoms with Gasteiger partial charge in [-0.05, 0) is 18.9 Å². The molecule has 0 aromatic heterocycles. The maximum Gasteiger partial charge on any atom is 0.167 e. The van der Waals surface area contributed by atoms with E-state index in [-0.39, 0.29) is 5.92 Å². The topological polar surface area (TPSA) is 17.1 Å². The normalized spacial score (nSPS) is 18.1. The minimum Gasteiger partial charge on any atom is -0.294 e. The summed E-state index contributed by atoms with van der Waals surface area (Å²) in [6, 6.07) is 7.77. The van der Waals surface area contributed by atoms with Gasteiger partial charge in [0, 0.05) is 16.0 Å². The molecule has 0 radical (unpaired) electrons. The van der Waals surface area contributed by atoms with E-state index in [1.807, 2.05) is 24.3 Å². The summed E-state index contributed by atoms with van der Waals surface area (Å²) in [7, 11) is 0. The van der Waals surface area contributed by atoms with Crippen molar-refractivity contribution in [2.24, 2.45) is 5.92 Å². The highest BCUT2D eigenvalue weighted by Gasteiger charge is 2.22. The minimum atomic E-state index is 0.251. The third-order valence-electron chi connectivity index (χ3n) is 3.37. The average molecular weight is 281 g/mol. The summed E-state index contributed by atoms with van der Waals surface area (Å²) in [4.78, 5) is 12.3. The molecule has 0 unspecified atom stereocenters. The lowest BCUT2D eigenvalue weighted by Crippen LogP contribution is -2.14. The second-order valence-corrected chi connectivity index (χ2v) is 5.39. The van der Waals surface area contributed by atoms with Crippen LogP contribution in [0.1, 0.15) is 48.9 Å². The number of hydrogen-bond donors (Lipinski definition) is 0. The Balaban J connectivity index is 2.14. The molecule has 1 fully saturated rings. The maximum atomic E-state index is 12.3. The standard InChI is InChI=1S/C14H17BrO/c15-13-10-6-5-9-12(13)14(16)11-7-3-1-2-4-8-11/h5-6,9-11H,1-4,7-8H2. The van der Waals surface area contributed by atoms with Crippen LogP contribution in [-0.4, -0.2) is 5.78 Å². The monoisotopic (exact) mass is 280 g/mol. The Morgan fingerprint density at radius 1 is 1.06 bits per heavy atom. The summed E-state index contributed by atoms with van der Waals surface area (Å²) in [5, 5.41) is 0. The van der Waals surface area contributed by atoms with Crippen molar-refractivity contribution in [1.82, 2.24) is 0 Å². The summed E-state index contributed by atoms with van der Waals surface area (Å²) in [6.45, 7) is 0. The minimum absolute atomic E-state index is 0.251. The van der Waals surface area contributed by atoms with Crippen LogP contribution >= 0.6 is 15.9 Å². The number of carbonyl (C=O) groups excluding carboxylic acids is 1. The van der Waals surface area contributed by atoms with E-state index >= 15 is 0 Å². The van der Waals surface area contributed by atoms with Crippen LogP contribution in [0.3, 0.4) is 0 Å². The van der Waals surface area contributed by atoms with E-state index in [4.69, 9.17) is 0 Å². The Labute approximate surface area is 105 Å². The van der Waals surface area contributed by atoms with Gasteiger partial charge in [-0.15, -0.1) is 0 Å². The zero-order chi connectivity index (χ0) is 11.4. The fourth-order valence-corrected chi connectivity index (χ4v) is 2.90. The third kappa shape index (κ3) is 2.73. The van der Waals surface area contributed by atoms with Crippen molar-refractivity contribution in [2.45, 2.75) is 38.5 Å². The molecule has 0 bridgehead atoms. The van der Waals surface area contributed by atoms with Crippen LogP contribution in [0.5, 0.6) is 0 Å². The lowest BCUT2D eigenvalue weighted by atomic mass is 9.91. The molecular formula is C14H17BrO. The zero-order valence-electron chi connectivity index (χ0n) is 9.42. The molecule has 2 rings (SSSR count). The first-order valence-corrected chi connectivity index (χ1v) is 6.87. The van der Waals surface area contributed by atoms with Gasteiger partial charge in [-0.1, -0.05) is 59.8 Å². The maximum absolute atomic E-state index is 12.3. The number of ketones is 1. The molecule has 86 valence electrons. The molecule has 0 aliphatic heterocycles. The van der Waals surface area contributed by atoms with Gasteiger partial charge >= 0.3 is 0 Å². The van der Waals surface area contributed by atoms with Crippen LogP contribution in [0, 0.1) is 5.92 Å². The van der Waals surface area contributed by atoms with E-state index in [0.717, 1.165) is 22.9 Å². The Morgan fingerprint density at radius 3 is 2.31 bits per heavy atom. The molecule has 1 saturated carbocycles. The van der Waals surface area contributed by atoms with Gasteiger partial charge in [0.25, 0.3) is 0 Å². The lowest BCUT2D eigenvalue weighted by molar-refractivity contribution is 0.0907. The first-order chi connectivity index (χ1) is 7.79. The van der Waals surface area contributed by atoms with Gasteiger partial charge in [0.1, 0.15) is 0 Å². The smallest absolute Gasteiger partial charge is 0.167 e. The molecular weight excluding hydrogens is 264 g/mol. The number of benzene rings is 1. The van der Waals surface area contributed by atoms with Crippen LogP contribution < -0.4 is 0 Å². The summed E-state index contributed by atoms with van der Waals surface area (Å²) in [5.74, 6) is 0.579. The quantitative estimate of drug-likeness (QED) is 0.572. The molecule has 0 heterocycles. The lowest BCUT2D eigenvalue weighted by Gasteiger charge is -2.13. The van der Waals surface area contributed by atoms with Crippen molar-refractivity contribution in [3.63, 3.8) is 0 Å². The van der Waals surface area contributed by atoms with Crippen molar-refractivity contribution >= 4 is 21.7 Å². The number of carbonyl (C=O) groups is 1. The molecule has 1 aliphatic rings. The Kier molecular flexibility index (Phi) is 4.16. The summed E-state index contributed by atoms with van der Waals surface area (Å²) < 4.78 is 0.934. The van der Waals surface area contributed by atoms with Gasteiger partial charge < -0.3 is 0 Å². The fraction of sp³-hybridized carbons (Fsp3) is 0.500. The van der Waals surface area contributed by atoms with E-state index in [2.05, 4.69) is 15.9 Å². The third-order valence-corrected chi connectivity index (χ3v) is 4.06. The average Bonchev–Trinajstić information content (AvgIpc) is 2.57. The second kappa shape index (κ2) is 5.62. The van der Waals surface area contributed by atoms with Crippen molar-refractivity contribution in [3.8, 4) is 0 Å². The Hall–Kier alpha value is -0.630. The van der Waals surface area contributed by atoms with E-state index < -0.39 is 0 Å². The molecule has 0 N–H and O–H groups in total. The van der Waals surface area contributed by atoms with Gasteiger partial charge in [-0.3, -0.25) is 4.79 Å². The summed E-state index contributed by atoms with van der Waals surface area (Å²) in [5.41, 5.74) is 0.856. The Morgan fingerprint density at radius 2 is 1.69 bits per heavy atom. The van der Waals surface area contributed by atoms with Crippen LogP contribution in [0.15, 0.2) is 28.7 Å². The van der Waals surface area contributed by atoms with Crippen LogP contribution in [0.4, 0.5) is 0 Å². The highest BCUT2D eigenvalue weighted by molar-refractivity contribution is 9.10. The molecule has 1 nitrogen and oxygen atoms in total. The number of halogens is 1. The highest BCUT2D eigenvalue weighted by Crippen LogP contribution is 2.28. The van der Waals surface area contributed by atoms with E-state index in [1.54, 1.807) is 0 Å². The highest BCUT2D eigenvalue weighted by atomic mass is 79.9. The van der Waals surface area contributed by atoms with Crippen LogP contribution in [-0.2, 0) is 0 Å². The van der Waals surface area contributed by atoms with E-state index in [0.29, 0.717) is 5.78 Å². The van der Waals surface area contributed by atoms with Crippen molar-refractivity contribution in [1.29, 1.82) is 0 Å². The van der Waals surface area contributed by atoms with Gasteiger partial charge in [-0.25, -0.2) is 0 Å². The van der Waals surface area contributed by atoms with Crippen LogP contribution in [0.25, 0.3) is 0 Å². The molecule has 1 aliphatic carbocycles. The van der Waals surface area contributed by atoms with Crippen molar-refractivity contribution in [3.05, 3.63) is 34.3 Å². The van der Waals surface area contributed by atoms with E-state index in [1.165, 1.54) is 25.7 Å². The predicted molar refractivity (Wildman–Crippen MR) is 69.7 cm³/mol. The predicted octanol–water partition coefficient (Wildman–Crippen LogP) is 4.60. The second-order valence-electron chi connectivity index (χ2n) is 4.53. The molecule has 0 spiro atoms. The van der Waals surface area contributed by atoms with Crippen LogP contribution in [0.2, 0.25) is 0 Å². The molecule has 0 saturated heterocycles. The van der Waals surface area contributed by atoms with Gasteiger partial charge in [0.05, 0.1) is 0 Å². The van der Waals surface area contributed by atoms with Gasteiger partial charge in [0.2, 0.25) is 0 Å². The number of hydrogen-bond acceptors (Lipinski definition) is 1. The molecule has 2 heteroatoms. The molecule has 0 amide bonds. The fourth-order valence-electron chi connectivity index (χ4n) is 2.42. The Bertz CT molecular complexity index is 365. The molecule has 1 aromatic carbocycles. The SMILES string of the molecule is O=C(c1ccccc1Br)C1CCCCCC1. The summed E-state index contributed by atoms with van der Waals surface area (Å²) >= 11 is 3.46. The van der Waals surface area contributed by atoms with Crippen molar-refractivity contribution in [2.75, 3.05) is 0 Å². The molecule has 0 atom stereocenters.